The van der Waals surface area contributed by atoms with Crippen LogP contribution in [0.25, 0.3) is 0 Å². The molecule has 5 heteroatoms. The molecule has 1 fully saturated rings. The van der Waals surface area contributed by atoms with E-state index in [0.717, 1.165) is 57.8 Å². The highest BCUT2D eigenvalue weighted by Gasteiger charge is 2.29. The van der Waals surface area contributed by atoms with Gasteiger partial charge in [-0.15, -0.1) is 0 Å². The summed E-state index contributed by atoms with van der Waals surface area (Å²) in [6.07, 6.45) is 3.10. The second kappa shape index (κ2) is 6.54. The number of aromatic nitrogens is 1. The summed E-state index contributed by atoms with van der Waals surface area (Å²) < 4.78 is 5.27. The molecule has 0 saturated carbocycles. The van der Waals surface area contributed by atoms with Crippen LogP contribution < -0.4 is 5.32 Å². The highest BCUT2D eigenvalue weighted by atomic mass is 16.5. The minimum absolute atomic E-state index is 0.0599. The Morgan fingerprint density at radius 1 is 1.48 bits per heavy atom. The molecule has 1 aromatic rings. The Morgan fingerprint density at radius 2 is 2.33 bits per heavy atom. The van der Waals surface area contributed by atoms with Gasteiger partial charge in [0.2, 0.25) is 0 Å². The Bertz CT molecular complexity index is 514. The van der Waals surface area contributed by atoms with Crippen molar-refractivity contribution in [3.63, 3.8) is 0 Å². The Balaban J connectivity index is 1.67. The molecule has 3 heterocycles. The maximum absolute atomic E-state index is 12.1. The van der Waals surface area contributed by atoms with Crippen molar-refractivity contribution >= 4 is 5.91 Å². The van der Waals surface area contributed by atoms with E-state index in [1.165, 1.54) is 5.56 Å². The lowest BCUT2D eigenvalue weighted by Crippen LogP contribution is -2.50. The third-order valence-electron chi connectivity index (χ3n) is 4.28. The molecule has 21 heavy (non-hydrogen) atoms. The van der Waals surface area contributed by atoms with E-state index < -0.39 is 0 Å². The smallest absolute Gasteiger partial charge is 0.269 e. The number of ether oxygens (including phenoxy) is 1. The van der Waals surface area contributed by atoms with E-state index >= 15 is 0 Å². The second-order valence-electron chi connectivity index (χ2n) is 5.82. The molecule has 2 aliphatic heterocycles. The molecule has 0 bridgehead atoms. The number of nitrogens with zero attached hydrogens (tertiary/aromatic N) is 2. The summed E-state index contributed by atoms with van der Waals surface area (Å²) >= 11 is 0. The summed E-state index contributed by atoms with van der Waals surface area (Å²) in [7, 11) is 0. The van der Waals surface area contributed by atoms with Gasteiger partial charge in [0.15, 0.2) is 0 Å². The van der Waals surface area contributed by atoms with Gasteiger partial charge in [-0.1, -0.05) is 19.4 Å². The van der Waals surface area contributed by atoms with Crippen molar-refractivity contribution in [2.24, 2.45) is 0 Å². The van der Waals surface area contributed by atoms with E-state index in [9.17, 15) is 4.79 Å². The zero-order chi connectivity index (χ0) is 14.7. The maximum atomic E-state index is 12.1. The average Bonchev–Trinajstić information content (AvgIpc) is 2.45. The minimum Gasteiger partial charge on any atom is -0.378 e. The molecule has 0 spiro atoms. The van der Waals surface area contributed by atoms with Gasteiger partial charge in [0.05, 0.1) is 24.9 Å². The van der Waals surface area contributed by atoms with Crippen LogP contribution in [0.5, 0.6) is 0 Å². The first-order valence-corrected chi connectivity index (χ1v) is 7.86. The number of fused-ring (bicyclic) bond motifs is 1. The lowest BCUT2D eigenvalue weighted by atomic mass is 10.0. The van der Waals surface area contributed by atoms with Gasteiger partial charge < -0.3 is 10.1 Å². The Kier molecular flexibility index (Phi) is 4.51. The van der Waals surface area contributed by atoms with Crippen molar-refractivity contribution in [3.05, 3.63) is 29.1 Å². The quantitative estimate of drug-likeness (QED) is 0.832. The molecule has 1 saturated heterocycles. The van der Waals surface area contributed by atoms with Crippen LogP contribution in [-0.2, 0) is 17.7 Å². The highest BCUT2D eigenvalue weighted by molar-refractivity contribution is 5.92. The third kappa shape index (κ3) is 3.24. The lowest BCUT2D eigenvalue weighted by molar-refractivity contribution is -0.0699. The Morgan fingerprint density at radius 3 is 3.05 bits per heavy atom. The monoisotopic (exact) mass is 289 g/mol. The van der Waals surface area contributed by atoms with E-state index in [-0.39, 0.29) is 5.91 Å². The van der Waals surface area contributed by atoms with E-state index in [1.807, 2.05) is 6.07 Å². The van der Waals surface area contributed by atoms with Gasteiger partial charge >= 0.3 is 0 Å². The largest absolute Gasteiger partial charge is 0.378 e. The third-order valence-corrected chi connectivity index (χ3v) is 4.28. The SMILES string of the molecule is CCCCNC(=O)c1ccc2c(n1)CN(C1COC1)CC2. The van der Waals surface area contributed by atoms with Crippen LogP contribution in [-0.4, -0.2) is 48.1 Å². The van der Waals surface area contributed by atoms with Crippen molar-refractivity contribution in [1.82, 2.24) is 15.2 Å². The number of nitrogens with one attached hydrogen (secondary N) is 1. The van der Waals surface area contributed by atoms with Crippen molar-refractivity contribution in [3.8, 4) is 0 Å². The van der Waals surface area contributed by atoms with Gasteiger partial charge in [-0.2, -0.15) is 0 Å². The van der Waals surface area contributed by atoms with Crippen LogP contribution >= 0.6 is 0 Å². The molecule has 1 N–H and O–H groups in total. The van der Waals surface area contributed by atoms with E-state index in [0.29, 0.717) is 11.7 Å². The molecular weight excluding hydrogens is 266 g/mol. The molecule has 1 amide bonds. The number of unbranched alkanes of at least 4 members (excludes halogenated alkanes) is 1. The summed E-state index contributed by atoms with van der Waals surface area (Å²) in [5, 5.41) is 2.93. The molecule has 0 radical (unpaired) electrons. The van der Waals surface area contributed by atoms with Gasteiger partial charge in [0, 0.05) is 19.6 Å². The van der Waals surface area contributed by atoms with Gasteiger partial charge in [0.1, 0.15) is 5.69 Å². The molecule has 114 valence electrons. The predicted molar refractivity (Wildman–Crippen MR) is 80.2 cm³/mol. The van der Waals surface area contributed by atoms with E-state index in [4.69, 9.17) is 4.74 Å². The summed E-state index contributed by atoms with van der Waals surface area (Å²) in [6.45, 7) is 6.38. The number of carbonyl (C=O) groups is 1. The van der Waals surface area contributed by atoms with Crippen LogP contribution in [0.4, 0.5) is 0 Å². The molecule has 1 aromatic heterocycles. The normalized spacial score (nSPS) is 18.9. The Labute approximate surface area is 125 Å². The molecule has 0 aliphatic carbocycles. The minimum atomic E-state index is -0.0599. The van der Waals surface area contributed by atoms with Crippen LogP contribution in [0.15, 0.2) is 12.1 Å². The van der Waals surface area contributed by atoms with Crippen LogP contribution in [0, 0.1) is 0 Å². The van der Waals surface area contributed by atoms with Crippen molar-refractivity contribution in [1.29, 1.82) is 0 Å². The second-order valence-corrected chi connectivity index (χ2v) is 5.82. The van der Waals surface area contributed by atoms with E-state index in [2.05, 4.69) is 28.2 Å². The fourth-order valence-corrected chi connectivity index (χ4v) is 2.77. The summed E-state index contributed by atoms with van der Waals surface area (Å²) in [6, 6.07) is 4.44. The Hall–Kier alpha value is -1.46. The number of hydrogen-bond acceptors (Lipinski definition) is 4. The number of rotatable bonds is 5. The molecule has 3 rings (SSSR count). The van der Waals surface area contributed by atoms with Gasteiger partial charge in [-0.25, -0.2) is 4.98 Å². The number of amides is 1. The molecule has 0 atom stereocenters. The zero-order valence-corrected chi connectivity index (χ0v) is 12.6. The molecule has 5 nitrogen and oxygen atoms in total. The summed E-state index contributed by atoms with van der Waals surface area (Å²) in [4.78, 5) is 19.1. The van der Waals surface area contributed by atoms with Crippen molar-refractivity contribution in [2.45, 2.75) is 38.8 Å². The van der Waals surface area contributed by atoms with Crippen LogP contribution in [0.2, 0.25) is 0 Å². The van der Waals surface area contributed by atoms with E-state index in [1.54, 1.807) is 0 Å². The van der Waals surface area contributed by atoms with Gasteiger partial charge in [-0.3, -0.25) is 9.69 Å². The average molecular weight is 289 g/mol. The number of carbonyl (C=O) groups excluding carboxylic acids is 1. The fraction of sp³-hybridized carbons (Fsp3) is 0.625. The molecule has 2 aliphatic rings. The zero-order valence-electron chi connectivity index (χ0n) is 12.6. The summed E-state index contributed by atoms with van der Waals surface area (Å²) in [5.74, 6) is -0.0599. The first kappa shape index (κ1) is 14.5. The highest BCUT2D eigenvalue weighted by Crippen LogP contribution is 2.22. The van der Waals surface area contributed by atoms with Gasteiger partial charge in [-0.05, 0) is 24.5 Å². The standard InChI is InChI=1S/C16H23N3O2/c1-2-3-7-17-16(20)14-5-4-12-6-8-19(9-15(12)18-14)13-10-21-11-13/h4-5,13H,2-3,6-11H2,1H3,(H,17,20). The molecule has 0 unspecified atom stereocenters. The number of pyridine rings is 1. The van der Waals surface area contributed by atoms with Crippen molar-refractivity contribution < 1.29 is 9.53 Å². The summed E-state index contributed by atoms with van der Waals surface area (Å²) in [5.41, 5.74) is 2.87. The van der Waals surface area contributed by atoms with Gasteiger partial charge in [0.25, 0.3) is 5.91 Å². The molecule has 0 aromatic carbocycles. The maximum Gasteiger partial charge on any atom is 0.269 e. The lowest BCUT2D eigenvalue weighted by Gasteiger charge is -2.39. The van der Waals surface area contributed by atoms with Crippen LogP contribution in [0.3, 0.4) is 0 Å². The predicted octanol–water partition coefficient (Wildman–Crippen LogP) is 1.37. The first-order chi connectivity index (χ1) is 10.3. The van der Waals surface area contributed by atoms with Crippen molar-refractivity contribution in [2.75, 3.05) is 26.3 Å². The first-order valence-electron chi connectivity index (χ1n) is 7.86. The number of hydrogen-bond donors (Lipinski definition) is 1. The molecular formula is C16H23N3O2. The fourth-order valence-electron chi connectivity index (χ4n) is 2.77. The van der Waals surface area contributed by atoms with Crippen LogP contribution in [0.1, 0.15) is 41.5 Å². The topological polar surface area (TPSA) is 54.5 Å².